The second kappa shape index (κ2) is 4.68. The fourth-order valence-corrected chi connectivity index (χ4v) is 2.02. The van der Waals surface area contributed by atoms with Gasteiger partial charge in [0.25, 0.3) is 0 Å². The van der Waals surface area contributed by atoms with Gasteiger partial charge in [-0.2, -0.15) is 5.10 Å². The monoisotopic (exact) mass is 252 g/mol. The van der Waals surface area contributed by atoms with Crippen LogP contribution >= 0.6 is 0 Å². The number of hydrogen-bond donors (Lipinski definition) is 2. The van der Waals surface area contributed by atoms with Gasteiger partial charge in [-0.1, -0.05) is 0 Å². The molecule has 1 heterocycles. The van der Waals surface area contributed by atoms with E-state index < -0.39 is 11.5 Å². The maximum atomic E-state index is 11.4. The highest BCUT2D eigenvalue weighted by Crippen LogP contribution is 2.24. The summed E-state index contributed by atoms with van der Waals surface area (Å²) >= 11 is 0. The van der Waals surface area contributed by atoms with Crippen LogP contribution in [0.1, 0.15) is 37.8 Å². The van der Waals surface area contributed by atoms with E-state index in [1.54, 1.807) is 11.6 Å². The lowest BCUT2D eigenvalue weighted by atomic mass is 9.98. The Morgan fingerprint density at radius 1 is 1.56 bits per heavy atom. The van der Waals surface area contributed by atoms with Crippen LogP contribution in [0.15, 0.2) is 0 Å². The average molecular weight is 252 g/mol. The lowest BCUT2D eigenvalue weighted by molar-refractivity contribution is -0.144. The Balaban J connectivity index is 2.00. The smallest absolute Gasteiger partial charge is 0.323 e. The van der Waals surface area contributed by atoms with Gasteiger partial charge >= 0.3 is 5.97 Å². The Kier molecular flexibility index (Phi) is 3.38. The van der Waals surface area contributed by atoms with Crippen LogP contribution in [-0.4, -0.2) is 37.4 Å². The van der Waals surface area contributed by atoms with Crippen LogP contribution in [0.3, 0.4) is 0 Å². The zero-order valence-corrected chi connectivity index (χ0v) is 11.1. The van der Waals surface area contributed by atoms with Crippen LogP contribution in [0.4, 0.5) is 0 Å². The number of aromatic nitrogens is 3. The van der Waals surface area contributed by atoms with Gasteiger partial charge in [0, 0.05) is 12.6 Å². The summed E-state index contributed by atoms with van der Waals surface area (Å²) in [6.07, 6.45) is 2.65. The lowest BCUT2D eigenvalue weighted by Crippen LogP contribution is -2.51. The molecule has 1 aromatic heterocycles. The van der Waals surface area contributed by atoms with Gasteiger partial charge in [-0.05, 0) is 40.0 Å². The third kappa shape index (κ3) is 2.87. The molecule has 1 aliphatic rings. The van der Waals surface area contributed by atoms with Crippen molar-refractivity contribution in [2.75, 3.05) is 0 Å². The standard InChI is InChI=1S/C12H20N4O2/c1-8-13-9(2)16(15-8)7-6-12(3,11(17)18)14-10-4-5-10/h10,14H,4-7H2,1-3H3,(H,17,18). The SMILES string of the molecule is Cc1nc(C)n(CCC(C)(NC2CC2)C(=O)O)n1. The summed E-state index contributed by atoms with van der Waals surface area (Å²) in [7, 11) is 0. The summed E-state index contributed by atoms with van der Waals surface area (Å²) in [6, 6.07) is 0.365. The summed E-state index contributed by atoms with van der Waals surface area (Å²) in [5.74, 6) is 0.746. The summed E-state index contributed by atoms with van der Waals surface area (Å²) in [5.41, 5.74) is -0.881. The Labute approximate surface area is 106 Å². The molecule has 2 N–H and O–H groups in total. The number of aliphatic carboxylic acids is 1. The molecule has 0 amide bonds. The van der Waals surface area contributed by atoms with Gasteiger partial charge in [0.05, 0.1) is 0 Å². The minimum absolute atomic E-state index is 0.365. The van der Waals surface area contributed by atoms with Gasteiger partial charge in [0.15, 0.2) is 0 Å². The summed E-state index contributed by atoms with van der Waals surface area (Å²) in [5, 5.41) is 16.8. The summed E-state index contributed by atoms with van der Waals surface area (Å²) in [4.78, 5) is 15.6. The predicted molar refractivity (Wildman–Crippen MR) is 66.3 cm³/mol. The Morgan fingerprint density at radius 3 is 2.67 bits per heavy atom. The molecule has 0 bridgehead atoms. The van der Waals surface area contributed by atoms with Gasteiger partial charge in [-0.15, -0.1) is 0 Å². The Morgan fingerprint density at radius 2 is 2.22 bits per heavy atom. The van der Waals surface area contributed by atoms with Gasteiger partial charge in [0.1, 0.15) is 17.2 Å². The van der Waals surface area contributed by atoms with E-state index >= 15 is 0 Å². The lowest BCUT2D eigenvalue weighted by Gasteiger charge is -2.26. The molecular formula is C12H20N4O2. The van der Waals surface area contributed by atoms with E-state index in [2.05, 4.69) is 15.4 Å². The van der Waals surface area contributed by atoms with E-state index in [4.69, 9.17) is 0 Å². The molecule has 0 aliphatic heterocycles. The largest absolute Gasteiger partial charge is 0.480 e. The molecular weight excluding hydrogens is 232 g/mol. The molecule has 100 valence electrons. The number of carbonyl (C=O) groups is 1. The quantitative estimate of drug-likeness (QED) is 0.785. The molecule has 6 heteroatoms. The van der Waals surface area contributed by atoms with Gasteiger partial charge in [0.2, 0.25) is 0 Å². The number of aryl methyl sites for hydroxylation is 3. The Hall–Kier alpha value is -1.43. The average Bonchev–Trinajstić information content (AvgIpc) is 3.01. The topological polar surface area (TPSA) is 80.0 Å². The van der Waals surface area contributed by atoms with Crippen LogP contribution in [0.5, 0.6) is 0 Å². The Bertz CT molecular complexity index is 453. The molecule has 0 aromatic carbocycles. The molecule has 0 spiro atoms. The molecule has 1 fully saturated rings. The van der Waals surface area contributed by atoms with E-state index in [9.17, 15) is 9.90 Å². The van der Waals surface area contributed by atoms with Crippen LogP contribution in [0.25, 0.3) is 0 Å². The number of carboxylic acids is 1. The molecule has 18 heavy (non-hydrogen) atoms. The maximum Gasteiger partial charge on any atom is 0.323 e. The van der Waals surface area contributed by atoms with Crippen LogP contribution in [-0.2, 0) is 11.3 Å². The number of carboxylic acid groups (broad SMARTS) is 1. The van der Waals surface area contributed by atoms with E-state index in [1.165, 1.54) is 0 Å². The number of rotatable bonds is 6. The fourth-order valence-electron chi connectivity index (χ4n) is 2.02. The molecule has 1 saturated carbocycles. The fraction of sp³-hybridized carbons (Fsp3) is 0.750. The van der Waals surface area contributed by atoms with Crippen molar-refractivity contribution in [2.24, 2.45) is 0 Å². The minimum Gasteiger partial charge on any atom is -0.480 e. The van der Waals surface area contributed by atoms with Crippen LogP contribution in [0, 0.1) is 13.8 Å². The number of hydrogen-bond acceptors (Lipinski definition) is 4. The first-order valence-corrected chi connectivity index (χ1v) is 6.30. The van der Waals surface area contributed by atoms with Crippen molar-refractivity contribution in [2.45, 2.75) is 58.2 Å². The van der Waals surface area contributed by atoms with Crippen LogP contribution in [0.2, 0.25) is 0 Å². The highest BCUT2D eigenvalue weighted by molar-refractivity contribution is 5.78. The first kappa shape index (κ1) is 13.0. The van der Waals surface area contributed by atoms with E-state index in [1.807, 2.05) is 13.8 Å². The maximum absolute atomic E-state index is 11.4. The molecule has 1 unspecified atom stereocenters. The normalized spacial score (nSPS) is 18.6. The van der Waals surface area contributed by atoms with Gasteiger partial charge in [-0.25, -0.2) is 4.98 Å². The van der Waals surface area contributed by atoms with Gasteiger partial charge in [-0.3, -0.25) is 14.8 Å². The molecule has 1 aliphatic carbocycles. The van der Waals surface area contributed by atoms with Crippen molar-refractivity contribution in [1.82, 2.24) is 20.1 Å². The van der Waals surface area contributed by atoms with Gasteiger partial charge < -0.3 is 5.11 Å². The third-order valence-corrected chi connectivity index (χ3v) is 3.36. The number of nitrogens with one attached hydrogen (secondary N) is 1. The highest BCUT2D eigenvalue weighted by atomic mass is 16.4. The van der Waals surface area contributed by atoms with Crippen molar-refractivity contribution in [3.63, 3.8) is 0 Å². The second-order valence-electron chi connectivity index (χ2n) is 5.24. The minimum atomic E-state index is -0.881. The van der Waals surface area contributed by atoms with E-state index in [-0.39, 0.29) is 0 Å². The summed E-state index contributed by atoms with van der Waals surface area (Å²) < 4.78 is 1.77. The first-order chi connectivity index (χ1) is 8.40. The van der Waals surface area contributed by atoms with Crippen molar-refractivity contribution in [3.8, 4) is 0 Å². The van der Waals surface area contributed by atoms with Crippen molar-refractivity contribution < 1.29 is 9.90 Å². The zero-order chi connectivity index (χ0) is 13.3. The van der Waals surface area contributed by atoms with Crippen molar-refractivity contribution >= 4 is 5.97 Å². The van der Waals surface area contributed by atoms with Crippen molar-refractivity contribution in [3.05, 3.63) is 11.6 Å². The number of nitrogens with zero attached hydrogens (tertiary/aromatic N) is 3. The molecule has 0 saturated heterocycles. The molecule has 6 nitrogen and oxygen atoms in total. The van der Waals surface area contributed by atoms with Crippen LogP contribution < -0.4 is 5.32 Å². The molecule has 2 rings (SSSR count). The highest BCUT2D eigenvalue weighted by Gasteiger charge is 2.38. The second-order valence-corrected chi connectivity index (χ2v) is 5.24. The van der Waals surface area contributed by atoms with E-state index in [0.717, 1.165) is 24.5 Å². The predicted octanol–water partition coefficient (Wildman–Crippen LogP) is 0.880. The van der Waals surface area contributed by atoms with E-state index in [0.29, 0.717) is 19.0 Å². The summed E-state index contributed by atoms with van der Waals surface area (Å²) in [6.45, 7) is 6.02. The first-order valence-electron chi connectivity index (χ1n) is 6.30. The zero-order valence-electron chi connectivity index (χ0n) is 11.1. The van der Waals surface area contributed by atoms with Crippen molar-refractivity contribution in [1.29, 1.82) is 0 Å². The molecule has 1 aromatic rings. The third-order valence-electron chi connectivity index (χ3n) is 3.36. The molecule has 0 radical (unpaired) electrons. The molecule has 1 atom stereocenters.